The fraction of sp³-hybridized carbons (Fsp3) is 0.333. The Morgan fingerprint density at radius 1 is 1.11 bits per heavy atom. The number of allylic oxidation sites excluding steroid dienone is 1. The van der Waals surface area contributed by atoms with Gasteiger partial charge in [-0.3, -0.25) is 9.59 Å². The van der Waals surface area contributed by atoms with E-state index in [1.54, 1.807) is 0 Å². The third kappa shape index (κ3) is 4.17. The molecule has 0 spiro atoms. The molecule has 1 rings (SSSR count). The molecule has 3 heteroatoms. The van der Waals surface area contributed by atoms with E-state index in [2.05, 4.69) is 5.32 Å². The maximum atomic E-state index is 11.7. The van der Waals surface area contributed by atoms with Crippen LogP contribution in [-0.2, 0) is 9.59 Å². The topological polar surface area (TPSA) is 46.2 Å². The first-order chi connectivity index (χ1) is 8.54. The van der Waals surface area contributed by atoms with E-state index in [1.807, 2.05) is 44.2 Å². The molecule has 1 aromatic rings. The summed E-state index contributed by atoms with van der Waals surface area (Å²) in [5, 5.41) is 2.84. The molecule has 0 aliphatic rings. The van der Waals surface area contributed by atoms with Gasteiger partial charge >= 0.3 is 0 Å². The van der Waals surface area contributed by atoms with Crippen LogP contribution in [0.5, 0.6) is 0 Å². The highest BCUT2D eigenvalue weighted by Crippen LogP contribution is 2.17. The second-order valence-electron chi connectivity index (χ2n) is 4.30. The van der Waals surface area contributed by atoms with Crippen LogP contribution in [0.25, 0.3) is 5.70 Å². The summed E-state index contributed by atoms with van der Waals surface area (Å²) in [5.41, 5.74) is 2.87. The van der Waals surface area contributed by atoms with E-state index in [-0.39, 0.29) is 18.1 Å². The number of amides is 1. The van der Waals surface area contributed by atoms with Crippen molar-refractivity contribution in [2.75, 3.05) is 0 Å². The van der Waals surface area contributed by atoms with Crippen LogP contribution >= 0.6 is 0 Å². The van der Waals surface area contributed by atoms with Crippen molar-refractivity contribution in [3.05, 3.63) is 41.5 Å². The van der Waals surface area contributed by atoms with Gasteiger partial charge in [0.25, 0.3) is 0 Å². The Morgan fingerprint density at radius 3 is 2.22 bits per heavy atom. The second-order valence-corrected chi connectivity index (χ2v) is 4.30. The lowest BCUT2D eigenvalue weighted by Gasteiger charge is -2.13. The normalized spacial score (nSPS) is 11.7. The summed E-state index contributed by atoms with van der Waals surface area (Å²) >= 11 is 0. The minimum absolute atomic E-state index is 0.0761. The lowest BCUT2D eigenvalue weighted by Crippen LogP contribution is -2.24. The summed E-state index contributed by atoms with van der Waals surface area (Å²) in [6.07, 6.45) is 0.776. The van der Waals surface area contributed by atoms with Crippen LogP contribution in [0, 0.1) is 0 Å². The summed E-state index contributed by atoms with van der Waals surface area (Å²) in [5.74, 6) is -0.386. The fourth-order valence-electron chi connectivity index (χ4n) is 1.62. The van der Waals surface area contributed by atoms with Gasteiger partial charge in [0.1, 0.15) is 5.78 Å². The molecule has 0 heterocycles. The number of Topliss-reactive ketones (excluding diaryl/α,β-unsaturated/α-hetero) is 1. The van der Waals surface area contributed by atoms with Gasteiger partial charge in [0.05, 0.1) is 6.42 Å². The molecule has 0 bridgehead atoms. The van der Waals surface area contributed by atoms with Gasteiger partial charge in [-0.05, 0) is 31.4 Å². The van der Waals surface area contributed by atoms with Crippen molar-refractivity contribution < 1.29 is 9.59 Å². The number of nitrogens with one attached hydrogen (secondary N) is 1. The Hall–Kier alpha value is -1.90. The molecule has 0 fully saturated rings. The quantitative estimate of drug-likeness (QED) is 0.811. The minimum atomic E-state index is -0.255. The molecular weight excluding hydrogens is 226 g/mol. The highest BCUT2D eigenvalue weighted by Gasteiger charge is 2.10. The van der Waals surface area contributed by atoms with Crippen molar-refractivity contribution in [2.24, 2.45) is 0 Å². The summed E-state index contributed by atoms with van der Waals surface area (Å²) in [7, 11) is 0. The maximum Gasteiger partial charge on any atom is 0.231 e. The van der Waals surface area contributed by atoms with E-state index in [4.69, 9.17) is 0 Å². The molecule has 0 saturated carbocycles. The van der Waals surface area contributed by atoms with Crippen LogP contribution in [0.2, 0.25) is 0 Å². The molecule has 0 atom stereocenters. The Balaban J connectivity index is 2.96. The van der Waals surface area contributed by atoms with Crippen LogP contribution in [0.15, 0.2) is 35.9 Å². The lowest BCUT2D eigenvalue weighted by molar-refractivity contribution is -0.126. The molecule has 1 amide bonds. The number of carbonyl (C=O) groups is 2. The van der Waals surface area contributed by atoms with Crippen molar-refractivity contribution in [3.63, 3.8) is 0 Å². The largest absolute Gasteiger partial charge is 0.325 e. The minimum Gasteiger partial charge on any atom is -0.325 e. The van der Waals surface area contributed by atoms with Gasteiger partial charge in [0, 0.05) is 5.70 Å². The Labute approximate surface area is 108 Å². The van der Waals surface area contributed by atoms with Crippen LogP contribution in [0.4, 0.5) is 0 Å². The van der Waals surface area contributed by atoms with Crippen LogP contribution in [0.3, 0.4) is 0 Å². The predicted molar refractivity (Wildman–Crippen MR) is 72.8 cm³/mol. The average molecular weight is 245 g/mol. The molecule has 0 unspecified atom stereocenters. The van der Waals surface area contributed by atoms with Gasteiger partial charge in [-0.25, -0.2) is 0 Å². The zero-order valence-corrected chi connectivity index (χ0v) is 11.1. The molecule has 0 saturated heterocycles. The molecular formula is C15H19NO2. The fourth-order valence-corrected chi connectivity index (χ4v) is 1.62. The number of hydrogen-bond acceptors (Lipinski definition) is 2. The molecule has 1 aromatic carbocycles. The van der Waals surface area contributed by atoms with E-state index in [9.17, 15) is 9.59 Å². The van der Waals surface area contributed by atoms with Gasteiger partial charge in [-0.15, -0.1) is 0 Å². The van der Waals surface area contributed by atoms with Crippen molar-refractivity contribution in [1.29, 1.82) is 0 Å². The third-order valence-corrected chi connectivity index (χ3v) is 2.69. The monoisotopic (exact) mass is 245 g/mol. The first-order valence-electron chi connectivity index (χ1n) is 6.09. The summed E-state index contributed by atoms with van der Waals surface area (Å²) in [6, 6.07) is 9.68. The summed E-state index contributed by atoms with van der Waals surface area (Å²) in [4.78, 5) is 22.6. The molecule has 0 aliphatic heterocycles. The van der Waals surface area contributed by atoms with E-state index < -0.39 is 0 Å². The number of hydrogen-bond donors (Lipinski definition) is 1. The zero-order chi connectivity index (χ0) is 13.5. The Kier molecular flexibility index (Phi) is 5.31. The van der Waals surface area contributed by atoms with Gasteiger partial charge in [0.15, 0.2) is 0 Å². The van der Waals surface area contributed by atoms with Crippen molar-refractivity contribution in [3.8, 4) is 0 Å². The Bertz CT molecular complexity index is 461. The first kappa shape index (κ1) is 14.2. The van der Waals surface area contributed by atoms with Gasteiger partial charge in [-0.1, -0.05) is 37.3 Å². The SMILES string of the molecule is CCC(C)=C(NC(=O)CC(C)=O)c1ccccc1. The zero-order valence-electron chi connectivity index (χ0n) is 11.1. The van der Waals surface area contributed by atoms with E-state index >= 15 is 0 Å². The maximum absolute atomic E-state index is 11.7. The number of carbonyl (C=O) groups excluding carboxylic acids is 2. The van der Waals surface area contributed by atoms with Gasteiger partial charge in [0.2, 0.25) is 5.91 Å². The number of rotatable bonds is 5. The van der Waals surface area contributed by atoms with Crippen molar-refractivity contribution in [2.45, 2.75) is 33.6 Å². The molecule has 0 radical (unpaired) electrons. The smallest absolute Gasteiger partial charge is 0.231 e. The standard InChI is InChI=1S/C15H19NO2/c1-4-11(2)15(13-8-6-5-7-9-13)16-14(18)10-12(3)17/h5-9H,4,10H2,1-3H3,(H,16,18). The highest BCUT2D eigenvalue weighted by molar-refractivity contribution is 6.00. The molecule has 96 valence electrons. The van der Waals surface area contributed by atoms with Crippen molar-refractivity contribution in [1.82, 2.24) is 5.32 Å². The van der Waals surface area contributed by atoms with E-state index in [1.165, 1.54) is 6.92 Å². The van der Waals surface area contributed by atoms with Gasteiger partial charge < -0.3 is 5.32 Å². The summed E-state index contributed by atoms with van der Waals surface area (Å²) < 4.78 is 0. The predicted octanol–water partition coefficient (Wildman–Crippen LogP) is 2.92. The van der Waals surface area contributed by atoms with E-state index in [0.29, 0.717) is 0 Å². The van der Waals surface area contributed by atoms with Crippen LogP contribution < -0.4 is 5.32 Å². The molecule has 0 aromatic heterocycles. The van der Waals surface area contributed by atoms with Crippen LogP contribution in [-0.4, -0.2) is 11.7 Å². The number of ketones is 1. The second kappa shape index (κ2) is 6.74. The molecule has 3 nitrogen and oxygen atoms in total. The van der Waals surface area contributed by atoms with Crippen molar-refractivity contribution >= 4 is 17.4 Å². The van der Waals surface area contributed by atoms with E-state index in [0.717, 1.165) is 23.3 Å². The number of benzene rings is 1. The highest BCUT2D eigenvalue weighted by atomic mass is 16.2. The molecule has 1 N–H and O–H groups in total. The van der Waals surface area contributed by atoms with Crippen LogP contribution in [0.1, 0.15) is 39.2 Å². The first-order valence-corrected chi connectivity index (χ1v) is 6.09. The Morgan fingerprint density at radius 2 is 1.72 bits per heavy atom. The molecule has 0 aliphatic carbocycles. The third-order valence-electron chi connectivity index (χ3n) is 2.69. The lowest BCUT2D eigenvalue weighted by atomic mass is 10.1. The average Bonchev–Trinajstić information content (AvgIpc) is 2.35. The summed E-state index contributed by atoms with van der Waals surface area (Å²) in [6.45, 7) is 5.43. The van der Waals surface area contributed by atoms with Gasteiger partial charge in [-0.2, -0.15) is 0 Å². The molecule has 18 heavy (non-hydrogen) atoms.